The Labute approximate surface area is 222 Å². The number of fused-ring (bicyclic) bond motifs is 7. The third-order valence-electron chi connectivity index (χ3n) is 10.4. The molecule has 38 heavy (non-hydrogen) atoms. The summed E-state index contributed by atoms with van der Waals surface area (Å²) in [5, 5.41) is 25.0. The number of hydrogen-bond acceptors (Lipinski definition) is 7. The monoisotopic (exact) mass is 522 g/mol. The third kappa shape index (κ3) is 3.37. The molecule has 7 nitrogen and oxygen atoms in total. The largest absolute Gasteiger partial charge is 0.459 e. The molecule has 0 spiro atoms. The molecular formula is C31H38O7. The van der Waals surface area contributed by atoms with Crippen molar-refractivity contribution in [3.63, 3.8) is 0 Å². The fourth-order valence-corrected chi connectivity index (χ4v) is 8.88. The summed E-state index contributed by atoms with van der Waals surface area (Å²) in [5.41, 5.74) is 1.99. The summed E-state index contributed by atoms with van der Waals surface area (Å²) in [5.74, 6) is -0.466. The maximum absolute atomic E-state index is 12.7. The van der Waals surface area contributed by atoms with E-state index >= 15 is 0 Å². The van der Waals surface area contributed by atoms with Gasteiger partial charge in [-0.1, -0.05) is 13.0 Å². The maximum Gasteiger partial charge on any atom is 0.339 e. The van der Waals surface area contributed by atoms with Gasteiger partial charge in [0.1, 0.15) is 17.3 Å². The van der Waals surface area contributed by atoms with Crippen LogP contribution >= 0.6 is 0 Å². The average Bonchev–Trinajstić information content (AvgIpc) is 2.90. The van der Waals surface area contributed by atoms with Crippen LogP contribution in [0.3, 0.4) is 0 Å². The minimum atomic E-state index is -1.18. The predicted octanol–water partition coefficient (Wildman–Crippen LogP) is 4.76. The first-order chi connectivity index (χ1) is 17.8. The third-order valence-corrected chi connectivity index (χ3v) is 10.4. The SMILES string of the molecule is COC1C2=CCC(=O)OC(C)(C)C2CCC2C3(C)CC(O)c4c(cc5cc(C)c(=O)oc5c4C)C3CC12O. The van der Waals surface area contributed by atoms with Crippen LogP contribution in [0.4, 0.5) is 0 Å². The molecule has 2 aromatic rings. The quantitative estimate of drug-likeness (QED) is 0.316. The Morgan fingerprint density at radius 2 is 1.79 bits per heavy atom. The zero-order chi connectivity index (χ0) is 27.4. The fourth-order valence-electron chi connectivity index (χ4n) is 8.88. The number of carbonyl (C=O) groups is 1. The molecule has 4 aliphatic rings. The second-order valence-electron chi connectivity index (χ2n) is 12.9. The molecule has 6 rings (SSSR count). The summed E-state index contributed by atoms with van der Waals surface area (Å²) in [4.78, 5) is 24.7. The molecule has 0 saturated heterocycles. The summed E-state index contributed by atoms with van der Waals surface area (Å²) in [7, 11) is 1.64. The molecular weight excluding hydrogens is 484 g/mol. The Balaban J connectivity index is 1.52. The Hall–Kier alpha value is -2.48. The van der Waals surface area contributed by atoms with Gasteiger partial charge < -0.3 is 24.1 Å². The van der Waals surface area contributed by atoms with Gasteiger partial charge in [0.2, 0.25) is 0 Å². The van der Waals surface area contributed by atoms with E-state index in [-0.39, 0.29) is 41.2 Å². The molecule has 7 unspecified atom stereocenters. The van der Waals surface area contributed by atoms with Crippen molar-refractivity contribution >= 4 is 16.9 Å². The first-order valence-electron chi connectivity index (χ1n) is 13.7. The molecule has 2 saturated carbocycles. The standard InChI is InChI=1S/C31H38O7/c1-15-11-17-12-19-21-13-31(35)23(30(21,5)14-22(32)25(19)16(2)26(17)37-28(15)34)9-8-20-18(27(31)36-6)7-10-24(33)38-29(20,3)4/h7,11-12,20-23,27,32,35H,8-10,13-14H2,1-6H3. The van der Waals surface area contributed by atoms with Crippen molar-refractivity contribution in [3.05, 3.63) is 56.5 Å². The van der Waals surface area contributed by atoms with Gasteiger partial charge in [0.25, 0.3) is 0 Å². The lowest BCUT2D eigenvalue weighted by molar-refractivity contribution is -0.158. The van der Waals surface area contributed by atoms with E-state index in [0.29, 0.717) is 24.0 Å². The molecule has 2 N–H and O–H groups in total. The van der Waals surface area contributed by atoms with Crippen molar-refractivity contribution in [2.24, 2.45) is 17.3 Å². The number of aliphatic hydroxyl groups excluding tert-OH is 1. The molecule has 7 heteroatoms. The van der Waals surface area contributed by atoms with Crippen LogP contribution in [0.2, 0.25) is 0 Å². The van der Waals surface area contributed by atoms with Gasteiger partial charge in [-0.2, -0.15) is 0 Å². The molecule has 0 radical (unpaired) electrons. The van der Waals surface area contributed by atoms with Crippen LogP contribution in [-0.4, -0.2) is 40.6 Å². The van der Waals surface area contributed by atoms with Gasteiger partial charge >= 0.3 is 11.6 Å². The highest BCUT2D eigenvalue weighted by molar-refractivity contribution is 5.83. The van der Waals surface area contributed by atoms with Crippen molar-refractivity contribution in [2.75, 3.05) is 7.11 Å². The zero-order valence-electron chi connectivity index (χ0n) is 23.1. The Morgan fingerprint density at radius 3 is 2.50 bits per heavy atom. The number of rotatable bonds is 1. The zero-order valence-corrected chi connectivity index (χ0v) is 23.1. The number of methoxy groups -OCH3 is 1. The Kier molecular flexibility index (Phi) is 5.60. The van der Waals surface area contributed by atoms with Crippen LogP contribution in [0.1, 0.15) is 87.2 Å². The molecule has 204 valence electrons. The predicted molar refractivity (Wildman–Crippen MR) is 142 cm³/mol. The van der Waals surface area contributed by atoms with E-state index in [4.69, 9.17) is 13.9 Å². The van der Waals surface area contributed by atoms with E-state index in [0.717, 1.165) is 40.5 Å². The number of carbonyl (C=O) groups excluding carboxylic acids is 1. The highest BCUT2D eigenvalue weighted by Gasteiger charge is 2.66. The van der Waals surface area contributed by atoms with Gasteiger partial charge in [0.15, 0.2) is 0 Å². The maximum atomic E-state index is 12.7. The molecule has 2 heterocycles. The molecule has 3 aliphatic carbocycles. The summed E-state index contributed by atoms with van der Waals surface area (Å²) in [6, 6.07) is 3.91. The van der Waals surface area contributed by atoms with Crippen LogP contribution in [0.15, 0.2) is 33.0 Å². The summed E-state index contributed by atoms with van der Waals surface area (Å²) in [6.07, 6.45) is 3.22. The number of benzene rings is 1. The highest BCUT2D eigenvalue weighted by atomic mass is 16.6. The lowest BCUT2D eigenvalue weighted by Gasteiger charge is -2.46. The van der Waals surface area contributed by atoms with E-state index in [1.54, 1.807) is 14.0 Å². The summed E-state index contributed by atoms with van der Waals surface area (Å²) < 4.78 is 17.6. The van der Waals surface area contributed by atoms with Gasteiger partial charge in [-0.15, -0.1) is 0 Å². The van der Waals surface area contributed by atoms with E-state index in [1.165, 1.54) is 0 Å². The molecule has 1 aromatic carbocycles. The number of cyclic esters (lactones) is 1. The fraction of sp³-hybridized carbons (Fsp3) is 0.613. The molecule has 1 aromatic heterocycles. The van der Waals surface area contributed by atoms with Crippen LogP contribution in [0, 0.1) is 31.1 Å². The smallest absolute Gasteiger partial charge is 0.339 e. The first kappa shape index (κ1) is 25.8. The van der Waals surface area contributed by atoms with Gasteiger partial charge in [0, 0.05) is 24.0 Å². The number of aryl methyl sites for hydroxylation is 2. The van der Waals surface area contributed by atoms with Crippen LogP contribution in [0.25, 0.3) is 11.0 Å². The van der Waals surface area contributed by atoms with Gasteiger partial charge in [-0.05, 0) is 105 Å². The van der Waals surface area contributed by atoms with E-state index in [2.05, 4.69) is 13.0 Å². The van der Waals surface area contributed by atoms with Crippen molar-refractivity contribution in [1.29, 1.82) is 0 Å². The number of ether oxygens (including phenoxy) is 2. The molecule has 1 aliphatic heterocycles. The van der Waals surface area contributed by atoms with Gasteiger partial charge in [-0.25, -0.2) is 4.79 Å². The van der Waals surface area contributed by atoms with Crippen molar-refractivity contribution in [3.8, 4) is 0 Å². The molecule has 2 fully saturated rings. The number of hydrogen-bond donors (Lipinski definition) is 2. The number of aliphatic hydroxyl groups is 2. The van der Waals surface area contributed by atoms with Gasteiger partial charge in [0.05, 0.1) is 18.1 Å². The first-order valence-corrected chi connectivity index (χ1v) is 13.7. The van der Waals surface area contributed by atoms with Crippen LogP contribution < -0.4 is 5.63 Å². The van der Waals surface area contributed by atoms with Crippen molar-refractivity contribution in [2.45, 2.75) is 96.1 Å². The van der Waals surface area contributed by atoms with Gasteiger partial charge in [-0.3, -0.25) is 4.79 Å². The summed E-state index contributed by atoms with van der Waals surface area (Å²) >= 11 is 0. The van der Waals surface area contributed by atoms with Crippen LogP contribution in [-0.2, 0) is 14.3 Å². The number of esters is 1. The second-order valence-corrected chi connectivity index (χ2v) is 12.9. The minimum absolute atomic E-state index is 0.0160. The van der Waals surface area contributed by atoms with E-state index in [9.17, 15) is 19.8 Å². The van der Waals surface area contributed by atoms with Crippen LogP contribution in [0.5, 0.6) is 0 Å². The van der Waals surface area contributed by atoms with Crippen molar-refractivity contribution < 1.29 is 28.9 Å². The molecule has 0 bridgehead atoms. The molecule has 0 amide bonds. The van der Waals surface area contributed by atoms with Crippen molar-refractivity contribution in [1.82, 2.24) is 0 Å². The topological polar surface area (TPSA) is 106 Å². The molecule has 7 atom stereocenters. The highest BCUT2D eigenvalue weighted by Crippen LogP contribution is 2.68. The Morgan fingerprint density at radius 1 is 1.05 bits per heavy atom. The summed E-state index contributed by atoms with van der Waals surface area (Å²) in [6.45, 7) is 9.75. The average molecular weight is 523 g/mol. The minimum Gasteiger partial charge on any atom is -0.459 e. The van der Waals surface area contributed by atoms with E-state index < -0.39 is 23.4 Å². The lowest BCUT2D eigenvalue weighted by atomic mass is 9.60. The Bertz CT molecular complexity index is 1430. The second kappa shape index (κ2) is 8.26. The lowest BCUT2D eigenvalue weighted by Crippen LogP contribution is -2.50. The van der Waals surface area contributed by atoms with E-state index in [1.807, 2.05) is 32.9 Å². The normalized spacial score (nSPS) is 37.7.